The van der Waals surface area contributed by atoms with Crippen LogP contribution in [0.4, 0.5) is 5.69 Å². The Kier molecular flexibility index (Phi) is 2.57. The fourth-order valence-electron chi connectivity index (χ4n) is 2.09. The maximum Gasteiger partial charge on any atom is 0.258 e. The second-order valence-electron chi connectivity index (χ2n) is 4.27. The van der Waals surface area contributed by atoms with Crippen molar-refractivity contribution in [1.82, 2.24) is 5.32 Å². The van der Waals surface area contributed by atoms with E-state index in [1.54, 1.807) is 18.2 Å². The minimum absolute atomic E-state index is 0.212. The average molecular weight is 268 g/mol. The lowest BCUT2D eigenvalue weighted by atomic mass is 10.1. The van der Waals surface area contributed by atoms with E-state index in [0.29, 0.717) is 11.3 Å². The lowest BCUT2D eigenvalue weighted by molar-refractivity contribution is -0.123. The molecule has 20 heavy (non-hydrogen) atoms. The molecule has 0 spiro atoms. The Labute approximate surface area is 113 Å². The predicted octanol–water partition coefficient (Wildman–Crippen LogP) is 0.156. The van der Waals surface area contributed by atoms with E-state index in [2.05, 4.69) is 5.32 Å². The Bertz CT molecular complexity index is 712. The summed E-state index contributed by atoms with van der Waals surface area (Å²) in [4.78, 5) is 46.9. The van der Waals surface area contributed by atoms with E-state index >= 15 is 0 Å². The Hall–Kier alpha value is -3.02. The minimum Gasteiger partial charge on any atom is -0.289 e. The Morgan fingerprint density at radius 3 is 2.25 bits per heavy atom. The molecule has 0 unspecified atom stereocenters. The van der Waals surface area contributed by atoms with Gasteiger partial charge in [-0.1, -0.05) is 12.1 Å². The number of anilines is 1. The number of rotatable bonds is 2. The molecule has 2 heterocycles. The number of nitrogens with zero attached hydrogens (tertiary/aromatic N) is 1. The number of carbonyl (C=O) groups excluding carboxylic acids is 4. The Morgan fingerprint density at radius 1 is 0.950 bits per heavy atom. The van der Waals surface area contributed by atoms with Crippen LogP contribution < -0.4 is 10.2 Å². The fourth-order valence-corrected chi connectivity index (χ4v) is 2.09. The van der Waals surface area contributed by atoms with Gasteiger partial charge < -0.3 is 0 Å². The summed E-state index contributed by atoms with van der Waals surface area (Å²) in [5.41, 5.74) is 1.04. The van der Waals surface area contributed by atoms with Crippen LogP contribution in [0.5, 0.6) is 0 Å². The fraction of sp³-hybridized carbons (Fsp3) is 0. The van der Waals surface area contributed by atoms with Crippen LogP contribution >= 0.6 is 0 Å². The first-order valence-electron chi connectivity index (χ1n) is 5.80. The number of amides is 4. The van der Waals surface area contributed by atoms with Crippen LogP contribution in [0.15, 0.2) is 42.5 Å². The molecule has 3 rings (SSSR count). The molecule has 4 amide bonds. The number of imide groups is 2. The van der Waals surface area contributed by atoms with E-state index < -0.39 is 23.6 Å². The Morgan fingerprint density at radius 2 is 1.65 bits per heavy atom. The molecule has 1 aromatic rings. The zero-order valence-electron chi connectivity index (χ0n) is 10.1. The molecule has 0 atom stereocenters. The van der Waals surface area contributed by atoms with Crippen LogP contribution in [0, 0.1) is 0 Å². The van der Waals surface area contributed by atoms with E-state index in [-0.39, 0.29) is 5.57 Å². The zero-order valence-corrected chi connectivity index (χ0v) is 10.1. The van der Waals surface area contributed by atoms with Crippen molar-refractivity contribution in [2.75, 3.05) is 4.90 Å². The van der Waals surface area contributed by atoms with Gasteiger partial charge in [-0.05, 0) is 17.7 Å². The van der Waals surface area contributed by atoms with Crippen LogP contribution in [0.3, 0.4) is 0 Å². The molecule has 2 aliphatic heterocycles. The number of nitrogens with one attached hydrogen (secondary N) is 1. The van der Waals surface area contributed by atoms with Gasteiger partial charge in [-0.3, -0.25) is 24.5 Å². The third kappa shape index (κ3) is 1.83. The molecule has 1 aromatic carbocycles. The first-order chi connectivity index (χ1) is 9.56. The van der Waals surface area contributed by atoms with E-state index in [4.69, 9.17) is 0 Å². The summed E-state index contributed by atoms with van der Waals surface area (Å²) >= 11 is 0. The lowest BCUT2D eigenvalue weighted by Gasteiger charge is -2.14. The molecule has 0 aliphatic carbocycles. The number of hydrogen-bond donors (Lipinski definition) is 1. The molecule has 0 radical (unpaired) electrons. The minimum atomic E-state index is -0.496. The highest BCUT2D eigenvalue weighted by Crippen LogP contribution is 2.25. The number of benzene rings is 1. The molecule has 0 aromatic heterocycles. The topological polar surface area (TPSA) is 83.6 Å². The van der Waals surface area contributed by atoms with Gasteiger partial charge >= 0.3 is 0 Å². The van der Waals surface area contributed by atoms with Gasteiger partial charge in [-0.25, -0.2) is 4.90 Å². The second-order valence-corrected chi connectivity index (χ2v) is 4.27. The summed E-state index contributed by atoms with van der Waals surface area (Å²) in [7, 11) is 0. The first-order valence-corrected chi connectivity index (χ1v) is 5.80. The summed E-state index contributed by atoms with van der Waals surface area (Å²) < 4.78 is 0. The van der Waals surface area contributed by atoms with Crippen molar-refractivity contribution in [2.45, 2.75) is 0 Å². The highest BCUT2D eigenvalue weighted by molar-refractivity contribution is 6.34. The lowest BCUT2D eigenvalue weighted by Crippen LogP contribution is -2.29. The van der Waals surface area contributed by atoms with Crippen molar-refractivity contribution < 1.29 is 19.2 Å². The van der Waals surface area contributed by atoms with Crippen molar-refractivity contribution >= 4 is 34.9 Å². The van der Waals surface area contributed by atoms with Gasteiger partial charge in [0.1, 0.15) is 0 Å². The van der Waals surface area contributed by atoms with E-state index in [9.17, 15) is 19.2 Å². The highest BCUT2D eigenvalue weighted by Gasteiger charge is 2.27. The summed E-state index contributed by atoms with van der Waals surface area (Å²) in [6.45, 7) is 0. The van der Waals surface area contributed by atoms with Gasteiger partial charge in [-0.15, -0.1) is 0 Å². The molecule has 0 saturated heterocycles. The molecule has 0 bridgehead atoms. The Balaban J connectivity index is 2.01. The van der Waals surface area contributed by atoms with Crippen molar-refractivity contribution in [2.24, 2.45) is 0 Å². The maximum absolute atomic E-state index is 11.6. The molecular formula is C14H8N2O4. The third-order valence-corrected chi connectivity index (χ3v) is 2.98. The van der Waals surface area contributed by atoms with E-state index in [1.807, 2.05) is 0 Å². The molecular weight excluding hydrogens is 260 g/mol. The summed E-state index contributed by atoms with van der Waals surface area (Å²) in [6, 6.07) is 6.35. The van der Waals surface area contributed by atoms with Gasteiger partial charge in [0.25, 0.3) is 23.6 Å². The second kappa shape index (κ2) is 4.27. The smallest absolute Gasteiger partial charge is 0.258 e. The maximum atomic E-state index is 11.6. The van der Waals surface area contributed by atoms with Crippen LogP contribution in [0.25, 0.3) is 5.57 Å². The summed E-state index contributed by atoms with van der Waals surface area (Å²) in [6.07, 6.45) is 3.55. The quantitative estimate of drug-likeness (QED) is 0.774. The standard InChI is InChI=1S/C14H8N2O4/c17-11-7-10(14(20)15-11)8-2-1-3-9(6-8)16-12(18)4-5-13(16)19/h1-7H,(H,15,17,20). The van der Waals surface area contributed by atoms with Crippen LogP contribution in [-0.4, -0.2) is 23.6 Å². The monoisotopic (exact) mass is 268 g/mol. The molecule has 6 heteroatoms. The zero-order chi connectivity index (χ0) is 14.3. The predicted molar refractivity (Wildman–Crippen MR) is 69.2 cm³/mol. The number of hydrogen-bond acceptors (Lipinski definition) is 4. The van der Waals surface area contributed by atoms with Crippen molar-refractivity contribution in [3.8, 4) is 0 Å². The van der Waals surface area contributed by atoms with E-state index in [1.165, 1.54) is 24.3 Å². The largest absolute Gasteiger partial charge is 0.289 e. The molecule has 0 fully saturated rings. The van der Waals surface area contributed by atoms with Gasteiger partial charge in [0.15, 0.2) is 0 Å². The molecule has 0 saturated carbocycles. The average Bonchev–Trinajstić information content (AvgIpc) is 2.92. The van der Waals surface area contributed by atoms with Gasteiger partial charge in [0, 0.05) is 18.2 Å². The normalized spacial score (nSPS) is 17.8. The van der Waals surface area contributed by atoms with Crippen LogP contribution in [0.1, 0.15) is 5.56 Å². The summed E-state index contributed by atoms with van der Waals surface area (Å²) in [5, 5.41) is 2.14. The SMILES string of the molecule is O=C1C=C(c2cccc(N3C(=O)C=CC3=O)c2)C(=O)N1. The molecule has 98 valence electrons. The highest BCUT2D eigenvalue weighted by atomic mass is 16.2. The van der Waals surface area contributed by atoms with Crippen LogP contribution in [0.2, 0.25) is 0 Å². The van der Waals surface area contributed by atoms with Crippen molar-refractivity contribution in [1.29, 1.82) is 0 Å². The van der Waals surface area contributed by atoms with Crippen molar-refractivity contribution in [3.05, 3.63) is 48.1 Å². The third-order valence-electron chi connectivity index (χ3n) is 2.98. The van der Waals surface area contributed by atoms with Crippen LogP contribution in [-0.2, 0) is 19.2 Å². The molecule has 2 aliphatic rings. The van der Waals surface area contributed by atoms with Gasteiger partial charge in [0.2, 0.25) is 0 Å². The first kappa shape index (κ1) is 12.0. The molecule has 6 nitrogen and oxygen atoms in total. The van der Waals surface area contributed by atoms with E-state index in [0.717, 1.165) is 4.90 Å². The molecule has 1 N–H and O–H groups in total. The van der Waals surface area contributed by atoms with Crippen molar-refractivity contribution in [3.63, 3.8) is 0 Å². The van der Waals surface area contributed by atoms with Gasteiger partial charge in [0.05, 0.1) is 11.3 Å². The summed E-state index contributed by atoms with van der Waals surface area (Å²) in [5.74, 6) is -1.85. The number of carbonyl (C=O) groups is 4. The van der Waals surface area contributed by atoms with Gasteiger partial charge in [-0.2, -0.15) is 0 Å².